The molecule has 0 N–H and O–H groups in total. The summed E-state index contributed by atoms with van der Waals surface area (Å²) in [5, 5.41) is 0. The maximum absolute atomic E-state index is 11.7. The number of aromatic nitrogens is 2. The molecular formula is C17H21N3O. The van der Waals surface area contributed by atoms with Crippen LogP contribution in [-0.2, 0) is 4.79 Å². The van der Waals surface area contributed by atoms with Crippen LogP contribution >= 0.6 is 0 Å². The summed E-state index contributed by atoms with van der Waals surface area (Å²) in [7, 11) is 0. The molecule has 3 rings (SSSR count). The first-order valence-corrected chi connectivity index (χ1v) is 7.46. The Labute approximate surface area is 125 Å². The van der Waals surface area contributed by atoms with E-state index in [1.807, 2.05) is 17.2 Å². The molecule has 0 aromatic carbocycles. The molecule has 21 heavy (non-hydrogen) atoms. The van der Waals surface area contributed by atoms with Crippen molar-refractivity contribution in [2.75, 3.05) is 6.54 Å². The second-order valence-corrected chi connectivity index (χ2v) is 5.77. The molecule has 2 aromatic rings. The lowest BCUT2D eigenvalue weighted by atomic mass is 10.1. The van der Waals surface area contributed by atoms with Crippen molar-refractivity contribution in [1.82, 2.24) is 14.5 Å². The Bertz CT molecular complexity index is 638. The van der Waals surface area contributed by atoms with Crippen LogP contribution in [0.5, 0.6) is 0 Å². The monoisotopic (exact) mass is 283 g/mol. The number of likely N-dealkylation sites (tertiary alicyclic amines) is 1. The molecule has 1 fully saturated rings. The van der Waals surface area contributed by atoms with Crippen molar-refractivity contribution in [2.24, 2.45) is 0 Å². The fourth-order valence-corrected chi connectivity index (χ4v) is 3.25. The van der Waals surface area contributed by atoms with E-state index >= 15 is 0 Å². The minimum absolute atomic E-state index is 0.152. The van der Waals surface area contributed by atoms with Gasteiger partial charge in [-0.25, -0.2) is 4.98 Å². The number of rotatable bonds is 2. The summed E-state index contributed by atoms with van der Waals surface area (Å²) < 4.78 is 2.14. The van der Waals surface area contributed by atoms with E-state index in [0.29, 0.717) is 0 Å². The van der Waals surface area contributed by atoms with Crippen molar-refractivity contribution < 1.29 is 4.79 Å². The molecule has 1 amide bonds. The molecule has 3 heterocycles. The Kier molecular flexibility index (Phi) is 3.53. The predicted molar refractivity (Wildman–Crippen MR) is 82.4 cm³/mol. The van der Waals surface area contributed by atoms with Gasteiger partial charge in [-0.2, -0.15) is 0 Å². The molecule has 0 bridgehead atoms. The highest BCUT2D eigenvalue weighted by Crippen LogP contribution is 2.31. The van der Waals surface area contributed by atoms with Gasteiger partial charge in [-0.3, -0.25) is 4.79 Å². The van der Waals surface area contributed by atoms with E-state index < -0.39 is 0 Å². The largest absolute Gasteiger partial charge is 0.336 e. The number of hydrogen-bond donors (Lipinski definition) is 0. The minimum Gasteiger partial charge on any atom is -0.336 e. The highest BCUT2D eigenvalue weighted by atomic mass is 16.2. The topological polar surface area (TPSA) is 38.1 Å². The molecule has 1 atom stereocenters. The SMILES string of the molecule is CC(=O)N1CCCC1c1ccc(-n2c(C)ccc2C)nc1. The zero-order valence-corrected chi connectivity index (χ0v) is 12.8. The summed E-state index contributed by atoms with van der Waals surface area (Å²) in [4.78, 5) is 18.2. The van der Waals surface area contributed by atoms with Gasteiger partial charge in [0.15, 0.2) is 0 Å². The number of nitrogens with zero attached hydrogens (tertiary/aromatic N) is 3. The molecule has 0 radical (unpaired) electrons. The molecule has 0 aliphatic carbocycles. The Morgan fingerprint density at radius 2 is 1.90 bits per heavy atom. The number of pyridine rings is 1. The minimum atomic E-state index is 0.152. The molecule has 1 unspecified atom stereocenters. The Morgan fingerprint density at radius 1 is 1.19 bits per heavy atom. The molecule has 4 nitrogen and oxygen atoms in total. The first kappa shape index (κ1) is 13.9. The molecular weight excluding hydrogens is 262 g/mol. The third-order valence-corrected chi connectivity index (χ3v) is 4.31. The van der Waals surface area contributed by atoms with Gasteiger partial charge in [0.2, 0.25) is 5.91 Å². The summed E-state index contributed by atoms with van der Waals surface area (Å²) in [6.45, 7) is 6.66. The highest BCUT2D eigenvalue weighted by Gasteiger charge is 2.27. The number of carbonyl (C=O) groups is 1. The van der Waals surface area contributed by atoms with Crippen LogP contribution in [0.2, 0.25) is 0 Å². The molecule has 110 valence electrons. The summed E-state index contributed by atoms with van der Waals surface area (Å²) in [5.41, 5.74) is 3.49. The number of carbonyl (C=O) groups excluding carboxylic acids is 1. The van der Waals surface area contributed by atoms with E-state index in [1.54, 1.807) is 6.92 Å². The third kappa shape index (κ3) is 2.46. The maximum Gasteiger partial charge on any atom is 0.219 e. The molecule has 1 aliphatic heterocycles. The van der Waals surface area contributed by atoms with E-state index in [1.165, 1.54) is 11.4 Å². The fraction of sp³-hybridized carbons (Fsp3) is 0.412. The van der Waals surface area contributed by atoms with Crippen LogP contribution in [0.4, 0.5) is 0 Å². The third-order valence-electron chi connectivity index (χ3n) is 4.31. The number of amides is 1. The van der Waals surface area contributed by atoms with Crippen molar-refractivity contribution in [1.29, 1.82) is 0 Å². The van der Waals surface area contributed by atoms with Gasteiger partial charge in [0.25, 0.3) is 0 Å². The van der Waals surface area contributed by atoms with Crippen molar-refractivity contribution in [3.05, 3.63) is 47.4 Å². The normalized spacial score (nSPS) is 18.2. The highest BCUT2D eigenvalue weighted by molar-refractivity contribution is 5.74. The van der Waals surface area contributed by atoms with Crippen LogP contribution < -0.4 is 0 Å². The Balaban J connectivity index is 1.89. The van der Waals surface area contributed by atoms with Crippen molar-refractivity contribution in [2.45, 2.75) is 39.7 Å². The first-order valence-electron chi connectivity index (χ1n) is 7.46. The Hall–Kier alpha value is -2.10. The zero-order chi connectivity index (χ0) is 15.0. The zero-order valence-electron chi connectivity index (χ0n) is 12.8. The summed E-state index contributed by atoms with van der Waals surface area (Å²) in [5.74, 6) is 1.09. The van der Waals surface area contributed by atoms with Gasteiger partial charge in [-0.05, 0) is 50.5 Å². The van der Waals surface area contributed by atoms with Crippen molar-refractivity contribution in [3.63, 3.8) is 0 Å². The number of hydrogen-bond acceptors (Lipinski definition) is 2. The predicted octanol–water partition coefficient (Wildman–Crippen LogP) is 3.17. The van der Waals surface area contributed by atoms with Crippen molar-refractivity contribution >= 4 is 5.91 Å². The van der Waals surface area contributed by atoms with Crippen LogP contribution in [0.1, 0.15) is 42.8 Å². The summed E-state index contributed by atoms with van der Waals surface area (Å²) in [6.07, 6.45) is 4.02. The lowest BCUT2D eigenvalue weighted by Gasteiger charge is -2.23. The average molecular weight is 283 g/mol. The quantitative estimate of drug-likeness (QED) is 0.849. The molecule has 2 aromatic heterocycles. The van der Waals surface area contributed by atoms with Gasteiger partial charge < -0.3 is 9.47 Å². The smallest absolute Gasteiger partial charge is 0.219 e. The van der Waals surface area contributed by atoms with E-state index in [9.17, 15) is 4.79 Å². The lowest BCUT2D eigenvalue weighted by molar-refractivity contribution is -0.129. The first-order chi connectivity index (χ1) is 10.1. The fourth-order valence-electron chi connectivity index (χ4n) is 3.25. The van der Waals surface area contributed by atoms with Crippen LogP contribution in [0.15, 0.2) is 30.5 Å². The van der Waals surface area contributed by atoms with E-state index in [4.69, 9.17) is 0 Å². The van der Waals surface area contributed by atoms with Gasteiger partial charge in [0.1, 0.15) is 5.82 Å². The van der Waals surface area contributed by atoms with Gasteiger partial charge in [0.05, 0.1) is 6.04 Å². The van der Waals surface area contributed by atoms with Gasteiger partial charge in [-0.15, -0.1) is 0 Å². The average Bonchev–Trinajstić information content (AvgIpc) is 3.07. The summed E-state index contributed by atoms with van der Waals surface area (Å²) in [6, 6.07) is 8.54. The molecule has 0 saturated carbocycles. The second kappa shape index (κ2) is 5.35. The standard InChI is InChI=1S/C17H21N3O/c1-12-6-7-13(2)20(12)17-9-8-15(11-18-17)16-5-4-10-19(16)14(3)21/h6-9,11,16H,4-5,10H2,1-3H3. The number of aryl methyl sites for hydroxylation is 2. The summed E-state index contributed by atoms with van der Waals surface area (Å²) >= 11 is 0. The second-order valence-electron chi connectivity index (χ2n) is 5.77. The van der Waals surface area contributed by atoms with Crippen LogP contribution in [-0.4, -0.2) is 26.9 Å². The van der Waals surface area contributed by atoms with Crippen LogP contribution in [0, 0.1) is 13.8 Å². The molecule has 0 spiro atoms. The van der Waals surface area contributed by atoms with Crippen LogP contribution in [0.3, 0.4) is 0 Å². The van der Waals surface area contributed by atoms with E-state index in [2.05, 4.69) is 41.6 Å². The van der Waals surface area contributed by atoms with Gasteiger partial charge in [-0.1, -0.05) is 6.07 Å². The Morgan fingerprint density at radius 3 is 2.48 bits per heavy atom. The van der Waals surface area contributed by atoms with E-state index in [0.717, 1.165) is 30.8 Å². The molecule has 1 saturated heterocycles. The lowest BCUT2D eigenvalue weighted by Crippen LogP contribution is -2.28. The molecule has 4 heteroatoms. The van der Waals surface area contributed by atoms with Crippen LogP contribution in [0.25, 0.3) is 5.82 Å². The molecule has 1 aliphatic rings. The maximum atomic E-state index is 11.7. The van der Waals surface area contributed by atoms with Gasteiger partial charge >= 0.3 is 0 Å². The van der Waals surface area contributed by atoms with E-state index in [-0.39, 0.29) is 11.9 Å². The van der Waals surface area contributed by atoms with Crippen molar-refractivity contribution in [3.8, 4) is 5.82 Å². The van der Waals surface area contributed by atoms with Gasteiger partial charge in [0, 0.05) is 31.1 Å².